The highest BCUT2D eigenvalue weighted by Gasteiger charge is 2.30. The molecule has 0 N–H and O–H groups in total. The van der Waals surface area contributed by atoms with E-state index in [4.69, 9.17) is 4.74 Å². The van der Waals surface area contributed by atoms with E-state index in [1.165, 1.54) is 0 Å². The summed E-state index contributed by atoms with van der Waals surface area (Å²) < 4.78 is 6.45. The number of halogens is 1. The zero-order valence-corrected chi connectivity index (χ0v) is 13.0. The monoisotopic (exact) mass is 325 g/mol. The lowest BCUT2D eigenvalue weighted by atomic mass is 9.88. The van der Waals surface area contributed by atoms with Crippen molar-refractivity contribution in [2.45, 2.75) is 19.9 Å². The second kappa shape index (κ2) is 6.53. The fourth-order valence-electron chi connectivity index (χ4n) is 2.52. The standard InChI is InChI=1S/C15H20BrNO2/c1-11-10-19-7-6-14(11)15(18)17(2)9-12-4-3-5-13(16)8-12/h3-5,8,11,14H,6-7,9-10H2,1-2H3. The molecule has 1 aromatic rings. The Bertz CT molecular complexity index is 450. The molecule has 0 spiro atoms. The van der Waals surface area contributed by atoms with Gasteiger partial charge in [-0.1, -0.05) is 35.0 Å². The topological polar surface area (TPSA) is 29.5 Å². The fourth-order valence-corrected chi connectivity index (χ4v) is 2.96. The van der Waals surface area contributed by atoms with Crippen molar-refractivity contribution in [3.8, 4) is 0 Å². The lowest BCUT2D eigenvalue weighted by molar-refractivity contribution is -0.140. The number of nitrogens with zero attached hydrogens (tertiary/aromatic N) is 1. The fraction of sp³-hybridized carbons (Fsp3) is 0.533. The van der Waals surface area contributed by atoms with Crippen LogP contribution in [0.5, 0.6) is 0 Å². The normalized spacial score (nSPS) is 23.1. The van der Waals surface area contributed by atoms with E-state index in [0.717, 1.165) is 16.5 Å². The molecule has 1 aromatic carbocycles. The summed E-state index contributed by atoms with van der Waals surface area (Å²) in [4.78, 5) is 14.3. The van der Waals surface area contributed by atoms with Crippen LogP contribution >= 0.6 is 15.9 Å². The van der Waals surface area contributed by atoms with Crippen LogP contribution in [0, 0.1) is 11.8 Å². The van der Waals surface area contributed by atoms with Gasteiger partial charge in [-0.3, -0.25) is 4.79 Å². The van der Waals surface area contributed by atoms with Gasteiger partial charge in [-0.25, -0.2) is 0 Å². The zero-order valence-electron chi connectivity index (χ0n) is 11.4. The summed E-state index contributed by atoms with van der Waals surface area (Å²) in [5.74, 6) is 0.646. The zero-order chi connectivity index (χ0) is 13.8. The Labute approximate surface area is 123 Å². The van der Waals surface area contributed by atoms with Gasteiger partial charge in [0.25, 0.3) is 0 Å². The molecule has 0 saturated carbocycles. The highest BCUT2D eigenvalue weighted by molar-refractivity contribution is 9.10. The minimum absolute atomic E-state index is 0.103. The van der Waals surface area contributed by atoms with Gasteiger partial charge in [-0.15, -0.1) is 0 Å². The highest BCUT2D eigenvalue weighted by Crippen LogP contribution is 2.24. The molecule has 1 aliphatic rings. The van der Waals surface area contributed by atoms with Crippen LogP contribution in [0.3, 0.4) is 0 Å². The van der Waals surface area contributed by atoms with Gasteiger partial charge in [0.2, 0.25) is 5.91 Å². The minimum atomic E-state index is 0.103. The molecule has 1 heterocycles. The third-order valence-electron chi connectivity index (χ3n) is 3.64. The maximum atomic E-state index is 12.5. The molecule has 2 unspecified atom stereocenters. The predicted octanol–water partition coefficient (Wildman–Crippen LogP) is 3.08. The smallest absolute Gasteiger partial charge is 0.226 e. The van der Waals surface area contributed by atoms with E-state index in [0.29, 0.717) is 25.7 Å². The molecule has 3 nitrogen and oxygen atoms in total. The molecule has 1 saturated heterocycles. The molecule has 0 bridgehead atoms. The molecule has 2 atom stereocenters. The molecular weight excluding hydrogens is 306 g/mol. The molecule has 19 heavy (non-hydrogen) atoms. The van der Waals surface area contributed by atoms with Crippen LogP contribution in [-0.2, 0) is 16.1 Å². The summed E-state index contributed by atoms with van der Waals surface area (Å²) in [6, 6.07) is 8.08. The number of hydrogen-bond donors (Lipinski definition) is 0. The maximum absolute atomic E-state index is 12.5. The molecular formula is C15H20BrNO2. The van der Waals surface area contributed by atoms with Gasteiger partial charge in [0.15, 0.2) is 0 Å². The van der Waals surface area contributed by atoms with Gasteiger partial charge in [-0.05, 0) is 30.0 Å². The summed E-state index contributed by atoms with van der Waals surface area (Å²) >= 11 is 3.46. The van der Waals surface area contributed by atoms with E-state index in [1.54, 1.807) is 0 Å². The number of hydrogen-bond acceptors (Lipinski definition) is 2. The van der Waals surface area contributed by atoms with Crippen molar-refractivity contribution in [3.05, 3.63) is 34.3 Å². The first-order chi connectivity index (χ1) is 9.08. The second-order valence-corrected chi connectivity index (χ2v) is 6.19. The Hall–Kier alpha value is -0.870. The summed E-state index contributed by atoms with van der Waals surface area (Å²) in [7, 11) is 1.88. The first-order valence-electron chi connectivity index (χ1n) is 6.65. The third-order valence-corrected chi connectivity index (χ3v) is 4.14. The molecule has 1 aliphatic heterocycles. The number of carbonyl (C=O) groups is 1. The average molecular weight is 326 g/mol. The van der Waals surface area contributed by atoms with Crippen LogP contribution in [0.2, 0.25) is 0 Å². The van der Waals surface area contributed by atoms with E-state index in [-0.39, 0.29) is 11.8 Å². The lowest BCUT2D eigenvalue weighted by Crippen LogP contribution is -2.39. The van der Waals surface area contributed by atoms with Gasteiger partial charge in [0.1, 0.15) is 0 Å². The number of amides is 1. The first-order valence-corrected chi connectivity index (χ1v) is 7.44. The maximum Gasteiger partial charge on any atom is 0.226 e. The van der Waals surface area contributed by atoms with Gasteiger partial charge < -0.3 is 9.64 Å². The van der Waals surface area contributed by atoms with Gasteiger partial charge in [0, 0.05) is 37.2 Å². The van der Waals surface area contributed by atoms with Crippen molar-refractivity contribution in [1.82, 2.24) is 4.90 Å². The SMILES string of the molecule is CC1COCCC1C(=O)N(C)Cc1cccc(Br)c1. The Morgan fingerprint density at radius 3 is 3.00 bits per heavy atom. The minimum Gasteiger partial charge on any atom is -0.381 e. The molecule has 0 aliphatic carbocycles. The first kappa shape index (κ1) is 14.5. The third kappa shape index (κ3) is 3.80. The van der Waals surface area contributed by atoms with Crippen molar-refractivity contribution in [2.24, 2.45) is 11.8 Å². The Balaban J connectivity index is 1.99. The van der Waals surface area contributed by atoms with E-state index in [2.05, 4.69) is 28.9 Å². The molecule has 4 heteroatoms. The van der Waals surface area contributed by atoms with Crippen molar-refractivity contribution >= 4 is 21.8 Å². The summed E-state index contributed by atoms with van der Waals surface area (Å²) in [5.41, 5.74) is 1.14. The molecule has 2 rings (SSSR count). The quantitative estimate of drug-likeness (QED) is 0.854. The number of carbonyl (C=O) groups excluding carboxylic acids is 1. The van der Waals surface area contributed by atoms with Gasteiger partial charge in [-0.2, -0.15) is 0 Å². The lowest BCUT2D eigenvalue weighted by Gasteiger charge is -2.31. The summed E-state index contributed by atoms with van der Waals surface area (Å²) in [6.45, 7) is 4.14. The molecule has 1 fully saturated rings. The average Bonchev–Trinajstić information content (AvgIpc) is 2.38. The summed E-state index contributed by atoms with van der Waals surface area (Å²) in [5, 5.41) is 0. The largest absolute Gasteiger partial charge is 0.381 e. The van der Waals surface area contributed by atoms with Crippen molar-refractivity contribution in [2.75, 3.05) is 20.3 Å². The number of rotatable bonds is 3. The van der Waals surface area contributed by atoms with E-state index in [9.17, 15) is 4.79 Å². The summed E-state index contributed by atoms with van der Waals surface area (Å²) in [6.07, 6.45) is 0.836. The molecule has 1 amide bonds. The van der Waals surface area contributed by atoms with Crippen LogP contribution in [0.4, 0.5) is 0 Å². The molecule has 0 aromatic heterocycles. The number of benzene rings is 1. The Kier molecular flexibility index (Phi) is 4.99. The van der Waals surface area contributed by atoms with Crippen LogP contribution in [0.25, 0.3) is 0 Å². The van der Waals surface area contributed by atoms with Crippen molar-refractivity contribution in [3.63, 3.8) is 0 Å². The Morgan fingerprint density at radius 1 is 1.53 bits per heavy atom. The van der Waals surface area contributed by atoms with Crippen LogP contribution in [-0.4, -0.2) is 31.1 Å². The van der Waals surface area contributed by atoms with Crippen molar-refractivity contribution < 1.29 is 9.53 Å². The highest BCUT2D eigenvalue weighted by atomic mass is 79.9. The second-order valence-electron chi connectivity index (χ2n) is 5.27. The molecule has 0 radical (unpaired) electrons. The van der Waals surface area contributed by atoms with Gasteiger partial charge in [0.05, 0.1) is 0 Å². The molecule has 104 valence electrons. The Morgan fingerprint density at radius 2 is 2.32 bits per heavy atom. The van der Waals surface area contributed by atoms with E-state index >= 15 is 0 Å². The van der Waals surface area contributed by atoms with Crippen LogP contribution in [0.1, 0.15) is 18.9 Å². The van der Waals surface area contributed by atoms with E-state index < -0.39 is 0 Å². The van der Waals surface area contributed by atoms with Crippen molar-refractivity contribution in [1.29, 1.82) is 0 Å². The number of ether oxygens (including phenoxy) is 1. The van der Waals surface area contributed by atoms with Crippen LogP contribution < -0.4 is 0 Å². The van der Waals surface area contributed by atoms with Gasteiger partial charge >= 0.3 is 0 Å². The van der Waals surface area contributed by atoms with E-state index in [1.807, 2.05) is 30.1 Å². The predicted molar refractivity (Wildman–Crippen MR) is 78.7 cm³/mol. The van der Waals surface area contributed by atoms with Crippen LogP contribution in [0.15, 0.2) is 28.7 Å².